The standard InChI is InChI=1S/C10H12FN3O2S/c1-10(2,6-12)7-14-17(15,16)9-3-8(11)4-13-5-9/h3-5,14H,7H2,1-2H3. The third-order valence-electron chi connectivity index (χ3n) is 2.00. The number of rotatable bonds is 4. The van der Waals surface area contributed by atoms with Crippen LogP contribution in [-0.4, -0.2) is 19.9 Å². The summed E-state index contributed by atoms with van der Waals surface area (Å²) in [5.41, 5.74) is -0.826. The van der Waals surface area contributed by atoms with Crippen LogP contribution in [0, 0.1) is 22.6 Å². The Hall–Kier alpha value is -1.52. The average Bonchev–Trinajstić information content (AvgIpc) is 2.27. The number of nitrogens with one attached hydrogen (secondary N) is 1. The van der Waals surface area contributed by atoms with E-state index in [1.807, 2.05) is 6.07 Å². The van der Waals surface area contributed by atoms with Gasteiger partial charge < -0.3 is 0 Å². The van der Waals surface area contributed by atoms with Gasteiger partial charge in [0.15, 0.2) is 0 Å². The molecule has 7 heteroatoms. The van der Waals surface area contributed by atoms with Crippen LogP contribution in [0.15, 0.2) is 23.4 Å². The molecule has 0 aliphatic heterocycles. The van der Waals surface area contributed by atoms with Crippen LogP contribution in [0.3, 0.4) is 0 Å². The van der Waals surface area contributed by atoms with Gasteiger partial charge in [-0.25, -0.2) is 17.5 Å². The van der Waals surface area contributed by atoms with Crippen molar-refractivity contribution in [2.45, 2.75) is 18.7 Å². The van der Waals surface area contributed by atoms with Gasteiger partial charge in [0.1, 0.15) is 10.7 Å². The molecule has 92 valence electrons. The lowest BCUT2D eigenvalue weighted by Gasteiger charge is -2.15. The van der Waals surface area contributed by atoms with E-state index in [0.717, 1.165) is 18.5 Å². The summed E-state index contributed by atoms with van der Waals surface area (Å²) in [6.07, 6.45) is 1.96. The minimum atomic E-state index is -3.83. The molecular weight excluding hydrogens is 245 g/mol. The highest BCUT2D eigenvalue weighted by molar-refractivity contribution is 7.89. The molecule has 0 fully saturated rings. The quantitative estimate of drug-likeness (QED) is 0.873. The van der Waals surface area contributed by atoms with Crippen LogP contribution in [0.25, 0.3) is 0 Å². The zero-order chi connectivity index (χ0) is 13.1. The van der Waals surface area contributed by atoms with Crippen molar-refractivity contribution in [1.82, 2.24) is 9.71 Å². The molecule has 17 heavy (non-hydrogen) atoms. The van der Waals surface area contributed by atoms with Gasteiger partial charge in [0.2, 0.25) is 10.0 Å². The van der Waals surface area contributed by atoms with E-state index in [1.54, 1.807) is 13.8 Å². The molecule has 0 aromatic carbocycles. The summed E-state index contributed by atoms with van der Waals surface area (Å²) in [6, 6.07) is 2.83. The molecule has 0 aliphatic carbocycles. The summed E-state index contributed by atoms with van der Waals surface area (Å²) in [4.78, 5) is 3.20. The van der Waals surface area contributed by atoms with Crippen LogP contribution in [0.1, 0.15) is 13.8 Å². The fraction of sp³-hybridized carbons (Fsp3) is 0.400. The van der Waals surface area contributed by atoms with E-state index in [0.29, 0.717) is 0 Å². The van der Waals surface area contributed by atoms with E-state index in [4.69, 9.17) is 5.26 Å². The summed E-state index contributed by atoms with van der Waals surface area (Å²) in [7, 11) is -3.83. The van der Waals surface area contributed by atoms with Crippen molar-refractivity contribution in [3.63, 3.8) is 0 Å². The van der Waals surface area contributed by atoms with Gasteiger partial charge in [-0.1, -0.05) is 0 Å². The third kappa shape index (κ3) is 3.76. The van der Waals surface area contributed by atoms with Gasteiger partial charge in [-0.3, -0.25) is 4.98 Å². The second kappa shape index (κ2) is 4.77. The normalized spacial score (nSPS) is 12.1. The number of halogens is 1. The Balaban J connectivity index is 2.88. The summed E-state index contributed by atoms with van der Waals surface area (Å²) in [5, 5.41) is 8.75. The van der Waals surface area contributed by atoms with Crippen molar-refractivity contribution in [2.24, 2.45) is 5.41 Å². The van der Waals surface area contributed by atoms with E-state index in [9.17, 15) is 12.8 Å². The summed E-state index contributed by atoms with van der Waals surface area (Å²) in [5.74, 6) is -0.729. The smallest absolute Gasteiger partial charge is 0.242 e. The van der Waals surface area contributed by atoms with E-state index < -0.39 is 21.3 Å². The molecule has 0 saturated heterocycles. The van der Waals surface area contributed by atoms with Crippen LogP contribution in [0.4, 0.5) is 4.39 Å². The number of hydrogen-bond donors (Lipinski definition) is 1. The fourth-order valence-corrected chi connectivity index (χ4v) is 2.12. The van der Waals surface area contributed by atoms with Gasteiger partial charge in [0, 0.05) is 12.7 Å². The first kappa shape index (κ1) is 13.5. The highest BCUT2D eigenvalue weighted by Gasteiger charge is 2.22. The molecule has 1 aromatic heterocycles. The Labute approximate surface area is 99.3 Å². The molecule has 0 spiro atoms. The number of aromatic nitrogens is 1. The fourth-order valence-electron chi connectivity index (χ4n) is 0.938. The molecule has 0 bridgehead atoms. The highest BCUT2D eigenvalue weighted by atomic mass is 32.2. The van der Waals surface area contributed by atoms with Crippen LogP contribution in [0.5, 0.6) is 0 Å². The molecule has 1 heterocycles. The van der Waals surface area contributed by atoms with Gasteiger partial charge in [0.05, 0.1) is 17.7 Å². The zero-order valence-corrected chi connectivity index (χ0v) is 10.3. The first-order valence-corrected chi connectivity index (χ1v) is 6.27. The SMILES string of the molecule is CC(C)(C#N)CNS(=O)(=O)c1cncc(F)c1. The second-order valence-electron chi connectivity index (χ2n) is 4.16. The van der Waals surface area contributed by atoms with Crippen LogP contribution < -0.4 is 4.72 Å². The van der Waals surface area contributed by atoms with Gasteiger partial charge in [0.25, 0.3) is 0 Å². The van der Waals surface area contributed by atoms with Crippen molar-refractivity contribution in [1.29, 1.82) is 5.26 Å². The monoisotopic (exact) mass is 257 g/mol. The maximum absolute atomic E-state index is 12.8. The Morgan fingerprint density at radius 1 is 1.53 bits per heavy atom. The maximum Gasteiger partial charge on any atom is 0.242 e. The molecule has 0 radical (unpaired) electrons. The largest absolute Gasteiger partial charge is 0.260 e. The zero-order valence-electron chi connectivity index (χ0n) is 9.44. The molecule has 1 rings (SSSR count). The number of nitrogens with zero attached hydrogens (tertiary/aromatic N) is 2. The Bertz CT molecular complexity index is 549. The molecule has 0 amide bonds. The molecule has 0 saturated carbocycles. The van der Waals surface area contributed by atoms with Crippen LogP contribution >= 0.6 is 0 Å². The van der Waals surface area contributed by atoms with Gasteiger partial charge in [-0.2, -0.15) is 5.26 Å². The minimum absolute atomic E-state index is 0.0532. The first-order valence-electron chi connectivity index (χ1n) is 4.78. The van der Waals surface area contributed by atoms with Crippen molar-refractivity contribution in [2.75, 3.05) is 6.54 Å². The average molecular weight is 257 g/mol. The van der Waals surface area contributed by atoms with Gasteiger partial charge in [-0.05, 0) is 19.9 Å². The van der Waals surface area contributed by atoms with Crippen LogP contribution in [-0.2, 0) is 10.0 Å². The van der Waals surface area contributed by atoms with Crippen molar-refractivity contribution >= 4 is 10.0 Å². The molecule has 0 aliphatic rings. The molecule has 0 unspecified atom stereocenters. The number of pyridine rings is 1. The first-order chi connectivity index (χ1) is 7.77. The van der Waals surface area contributed by atoms with E-state index in [1.165, 1.54) is 0 Å². The number of hydrogen-bond acceptors (Lipinski definition) is 4. The van der Waals surface area contributed by atoms with Crippen LogP contribution in [0.2, 0.25) is 0 Å². The van der Waals surface area contributed by atoms with Crippen molar-refractivity contribution in [3.05, 3.63) is 24.3 Å². The lowest BCUT2D eigenvalue weighted by Crippen LogP contribution is -2.33. The topological polar surface area (TPSA) is 82.9 Å². The van der Waals surface area contributed by atoms with Crippen molar-refractivity contribution < 1.29 is 12.8 Å². The molecule has 1 aromatic rings. The lowest BCUT2D eigenvalue weighted by atomic mass is 9.97. The Morgan fingerprint density at radius 2 is 2.18 bits per heavy atom. The Kier molecular flexibility index (Phi) is 3.80. The Morgan fingerprint density at radius 3 is 2.71 bits per heavy atom. The predicted octanol–water partition coefficient (Wildman–Crippen LogP) is 1.05. The summed E-state index contributed by atoms with van der Waals surface area (Å²) < 4.78 is 38.5. The van der Waals surface area contributed by atoms with Gasteiger partial charge in [-0.15, -0.1) is 0 Å². The summed E-state index contributed by atoms with van der Waals surface area (Å²) >= 11 is 0. The maximum atomic E-state index is 12.8. The van der Waals surface area contributed by atoms with E-state index >= 15 is 0 Å². The third-order valence-corrected chi connectivity index (χ3v) is 3.37. The lowest BCUT2D eigenvalue weighted by molar-refractivity contribution is 0.478. The highest BCUT2D eigenvalue weighted by Crippen LogP contribution is 2.14. The van der Waals surface area contributed by atoms with Crippen molar-refractivity contribution in [3.8, 4) is 6.07 Å². The number of nitriles is 1. The van der Waals surface area contributed by atoms with Gasteiger partial charge >= 0.3 is 0 Å². The van der Waals surface area contributed by atoms with E-state index in [-0.39, 0.29) is 11.4 Å². The molecule has 5 nitrogen and oxygen atoms in total. The molecule has 1 N–H and O–H groups in total. The predicted molar refractivity (Wildman–Crippen MR) is 58.8 cm³/mol. The van der Waals surface area contributed by atoms with E-state index in [2.05, 4.69) is 9.71 Å². The summed E-state index contributed by atoms with van der Waals surface area (Å²) in [6.45, 7) is 3.14. The molecular formula is C10H12FN3O2S. The number of sulfonamides is 1. The minimum Gasteiger partial charge on any atom is -0.260 e. The molecule has 0 atom stereocenters. The second-order valence-corrected chi connectivity index (χ2v) is 5.93.